The van der Waals surface area contributed by atoms with Gasteiger partial charge in [0.25, 0.3) is 0 Å². The fraction of sp³-hybridized carbons (Fsp3) is 0.538. The number of halogens is 1. The van der Waals surface area contributed by atoms with Crippen molar-refractivity contribution in [3.8, 4) is 0 Å². The van der Waals surface area contributed by atoms with E-state index in [1.165, 1.54) is 5.56 Å². The Hall–Kier alpha value is -0.340. The van der Waals surface area contributed by atoms with Crippen LogP contribution in [0.5, 0.6) is 0 Å². The van der Waals surface area contributed by atoms with E-state index in [4.69, 9.17) is 0 Å². The molecule has 0 aliphatic heterocycles. The molecule has 15 heavy (non-hydrogen) atoms. The van der Waals surface area contributed by atoms with Crippen molar-refractivity contribution >= 4 is 15.9 Å². The highest BCUT2D eigenvalue weighted by Gasteiger charge is 2.11. The minimum absolute atomic E-state index is 0.223. The maximum Gasteiger partial charge on any atom is 0.0583 e. The Morgan fingerprint density at radius 3 is 2.60 bits per heavy atom. The number of hydrogen-bond donors (Lipinski definition) is 1. The third kappa shape index (κ3) is 4.35. The van der Waals surface area contributed by atoms with E-state index in [0.717, 1.165) is 23.7 Å². The molecule has 1 N–H and O–H groups in total. The van der Waals surface area contributed by atoms with Crippen LogP contribution in [0.2, 0.25) is 0 Å². The van der Waals surface area contributed by atoms with Crippen molar-refractivity contribution in [2.24, 2.45) is 5.92 Å². The third-order valence-electron chi connectivity index (χ3n) is 2.78. The summed E-state index contributed by atoms with van der Waals surface area (Å²) in [6.07, 6.45) is 2.54. The second kappa shape index (κ2) is 6.29. The minimum atomic E-state index is -0.223. The van der Waals surface area contributed by atoms with Crippen molar-refractivity contribution in [1.29, 1.82) is 0 Å². The largest absolute Gasteiger partial charge is 0.393 e. The van der Waals surface area contributed by atoms with E-state index in [1.807, 2.05) is 18.2 Å². The number of benzene rings is 1. The Balaban J connectivity index is 2.51. The van der Waals surface area contributed by atoms with Crippen LogP contribution in [0.15, 0.2) is 28.7 Å². The zero-order valence-corrected chi connectivity index (χ0v) is 11.0. The van der Waals surface area contributed by atoms with E-state index in [2.05, 4.69) is 35.8 Å². The molecule has 0 spiro atoms. The van der Waals surface area contributed by atoms with Crippen molar-refractivity contribution in [2.75, 3.05) is 0 Å². The van der Waals surface area contributed by atoms with Gasteiger partial charge in [-0.25, -0.2) is 0 Å². The molecule has 2 heteroatoms. The van der Waals surface area contributed by atoms with Gasteiger partial charge in [0.15, 0.2) is 0 Å². The molecule has 0 saturated carbocycles. The first-order chi connectivity index (χ1) is 7.13. The maximum atomic E-state index is 9.91. The molecular weight excluding hydrogens is 252 g/mol. The average molecular weight is 271 g/mol. The molecule has 1 aromatic rings. The van der Waals surface area contributed by atoms with E-state index in [-0.39, 0.29) is 6.10 Å². The van der Waals surface area contributed by atoms with Crippen molar-refractivity contribution in [3.63, 3.8) is 0 Å². The zero-order valence-electron chi connectivity index (χ0n) is 9.41. The Kier molecular flexibility index (Phi) is 5.34. The van der Waals surface area contributed by atoms with Gasteiger partial charge in [-0.2, -0.15) is 0 Å². The molecule has 1 nitrogen and oxygen atoms in total. The molecule has 0 bridgehead atoms. The van der Waals surface area contributed by atoms with Gasteiger partial charge in [0, 0.05) is 4.47 Å². The summed E-state index contributed by atoms with van der Waals surface area (Å²) in [5.41, 5.74) is 1.19. The lowest BCUT2D eigenvalue weighted by atomic mass is 9.97. The molecule has 1 rings (SSSR count). The number of aliphatic hydroxyl groups is 1. The Morgan fingerprint density at radius 1 is 1.33 bits per heavy atom. The standard InChI is InChI=1S/C13H19BrO/c1-3-10(2)8-12(15)9-11-6-4-5-7-13(11)14/h4-7,10,12,15H,3,8-9H2,1-2H3. The highest BCUT2D eigenvalue weighted by atomic mass is 79.9. The van der Waals surface area contributed by atoms with Gasteiger partial charge in [-0.15, -0.1) is 0 Å². The molecule has 2 atom stereocenters. The van der Waals surface area contributed by atoms with Crippen molar-refractivity contribution < 1.29 is 5.11 Å². The van der Waals surface area contributed by atoms with Gasteiger partial charge in [0.1, 0.15) is 0 Å². The van der Waals surface area contributed by atoms with E-state index in [9.17, 15) is 5.11 Å². The van der Waals surface area contributed by atoms with Crippen LogP contribution in [0.3, 0.4) is 0 Å². The summed E-state index contributed by atoms with van der Waals surface area (Å²) in [6, 6.07) is 8.08. The lowest BCUT2D eigenvalue weighted by Gasteiger charge is -2.15. The van der Waals surface area contributed by atoms with Gasteiger partial charge in [0.2, 0.25) is 0 Å². The smallest absolute Gasteiger partial charge is 0.0583 e. The van der Waals surface area contributed by atoms with Crippen LogP contribution < -0.4 is 0 Å². The predicted octanol–water partition coefficient (Wildman–Crippen LogP) is 3.79. The predicted molar refractivity (Wildman–Crippen MR) is 67.9 cm³/mol. The fourth-order valence-electron chi connectivity index (χ4n) is 1.63. The summed E-state index contributed by atoms with van der Waals surface area (Å²) in [4.78, 5) is 0. The van der Waals surface area contributed by atoms with Crippen molar-refractivity contribution in [1.82, 2.24) is 0 Å². The minimum Gasteiger partial charge on any atom is -0.393 e. The van der Waals surface area contributed by atoms with Crippen LogP contribution in [0.1, 0.15) is 32.3 Å². The fourth-order valence-corrected chi connectivity index (χ4v) is 2.08. The monoisotopic (exact) mass is 270 g/mol. The van der Waals surface area contributed by atoms with Gasteiger partial charge < -0.3 is 5.11 Å². The normalized spacial score (nSPS) is 14.9. The molecule has 84 valence electrons. The second-order valence-electron chi connectivity index (χ2n) is 4.20. The average Bonchev–Trinajstić information content (AvgIpc) is 2.21. The third-order valence-corrected chi connectivity index (χ3v) is 3.56. The molecule has 0 fully saturated rings. The van der Waals surface area contributed by atoms with Crippen molar-refractivity contribution in [2.45, 2.75) is 39.2 Å². The van der Waals surface area contributed by atoms with Gasteiger partial charge in [0.05, 0.1) is 6.10 Å². The number of rotatable bonds is 5. The Labute approximate surface area is 101 Å². The molecule has 0 aliphatic rings. The highest BCUT2D eigenvalue weighted by molar-refractivity contribution is 9.10. The summed E-state index contributed by atoms with van der Waals surface area (Å²) in [5.74, 6) is 0.600. The second-order valence-corrected chi connectivity index (χ2v) is 5.05. The van der Waals surface area contributed by atoms with Crippen LogP contribution in [-0.4, -0.2) is 11.2 Å². The van der Waals surface area contributed by atoms with E-state index in [1.54, 1.807) is 0 Å². The molecule has 0 aliphatic carbocycles. The van der Waals surface area contributed by atoms with E-state index in [0.29, 0.717) is 5.92 Å². The maximum absolute atomic E-state index is 9.91. The SMILES string of the molecule is CCC(C)CC(O)Cc1ccccc1Br. The van der Waals surface area contributed by atoms with E-state index >= 15 is 0 Å². The molecular formula is C13H19BrO. The van der Waals surface area contributed by atoms with Gasteiger partial charge in [-0.05, 0) is 30.4 Å². The van der Waals surface area contributed by atoms with Crippen LogP contribution in [0.4, 0.5) is 0 Å². The Morgan fingerprint density at radius 2 is 2.00 bits per heavy atom. The van der Waals surface area contributed by atoms with Crippen LogP contribution in [0.25, 0.3) is 0 Å². The topological polar surface area (TPSA) is 20.2 Å². The number of hydrogen-bond acceptors (Lipinski definition) is 1. The van der Waals surface area contributed by atoms with Crippen LogP contribution >= 0.6 is 15.9 Å². The van der Waals surface area contributed by atoms with Crippen molar-refractivity contribution in [3.05, 3.63) is 34.3 Å². The summed E-state index contributed by atoms with van der Waals surface area (Å²) >= 11 is 3.50. The summed E-state index contributed by atoms with van der Waals surface area (Å²) in [7, 11) is 0. The van der Waals surface area contributed by atoms with E-state index < -0.39 is 0 Å². The summed E-state index contributed by atoms with van der Waals surface area (Å²) in [5, 5.41) is 9.91. The number of aliphatic hydroxyl groups excluding tert-OH is 1. The van der Waals surface area contributed by atoms with Crippen LogP contribution in [-0.2, 0) is 6.42 Å². The molecule has 0 radical (unpaired) electrons. The van der Waals surface area contributed by atoms with Gasteiger partial charge >= 0.3 is 0 Å². The quantitative estimate of drug-likeness (QED) is 0.863. The van der Waals surface area contributed by atoms with Crippen LogP contribution in [0, 0.1) is 5.92 Å². The first-order valence-corrected chi connectivity index (χ1v) is 6.34. The molecule has 2 unspecified atom stereocenters. The lowest BCUT2D eigenvalue weighted by molar-refractivity contribution is 0.144. The molecule has 0 amide bonds. The summed E-state index contributed by atoms with van der Waals surface area (Å²) < 4.78 is 1.09. The Bertz CT molecular complexity index is 298. The molecule has 0 saturated heterocycles. The first kappa shape index (κ1) is 12.7. The summed E-state index contributed by atoms with van der Waals surface area (Å²) in [6.45, 7) is 4.35. The molecule has 0 aromatic heterocycles. The molecule has 1 aromatic carbocycles. The molecule has 0 heterocycles. The first-order valence-electron chi connectivity index (χ1n) is 5.55. The van der Waals surface area contributed by atoms with Gasteiger partial charge in [-0.1, -0.05) is 54.4 Å². The zero-order chi connectivity index (χ0) is 11.3. The lowest BCUT2D eigenvalue weighted by Crippen LogP contribution is -2.14. The van der Waals surface area contributed by atoms with Gasteiger partial charge in [-0.3, -0.25) is 0 Å². The highest BCUT2D eigenvalue weighted by Crippen LogP contribution is 2.20.